The van der Waals surface area contributed by atoms with Gasteiger partial charge in [-0.3, -0.25) is 0 Å². The first kappa shape index (κ1) is 6.33. The average Bonchev–Trinajstić information content (AvgIpc) is 2.37. The first-order valence-electron chi connectivity index (χ1n) is 3.16. The van der Waals surface area contributed by atoms with Crippen LogP contribution in [-0.4, -0.2) is 5.16 Å². The van der Waals surface area contributed by atoms with E-state index in [-0.39, 0.29) is 0 Å². The third-order valence-electron chi connectivity index (χ3n) is 1.55. The second-order valence-electron chi connectivity index (χ2n) is 2.19. The topological polar surface area (TPSA) is 26.0 Å². The van der Waals surface area contributed by atoms with E-state index in [2.05, 4.69) is 29.8 Å². The van der Waals surface area contributed by atoms with Crippen molar-refractivity contribution in [2.24, 2.45) is 0 Å². The lowest BCUT2D eigenvalue weighted by Gasteiger charge is -1.99. The molecule has 9 heavy (non-hydrogen) atoms. The molecule has 1 rings (SSSR count). The zero-order valence-corrected chi connectivity index (χ0v) is 5.72. The van der Waals surface area contributed by atoms with Crippen LogP contribution in [0.3, 0.4) is 0 Å². The van der Waals surface area contributed by atoms with E-state index < -0.39 is 0 Å². The van der Waals surface area contributed by atoms with Crippen LogP contribution >= 0.6 is 0 Å². The van der Waals surface area contributed by atoms with E-state index in [9.17, 15) is 0 Å². The van der Waals surface area contributed by atoms with E-state index in [0.29, 0.717) is 5.92 Å². The zero-order valence-electron chi connectivity index (χ0n) is 5.72. The number of hydrogen-bond donors (Lipinski definition) is 0. The fourth-order valence-corrected chi connectivity index (χ4v) is 0.636. The molecule has 0 fully saturated rings. The molecule has 1 atom stereocenters. The van der Waals surface area contributed by atoms with Crippen molar-refractivity contribution in [1.29, 1.82) is 0 Å². The van der Waals surface area contributed by atoms with Gasteiger partial charge in [0.05, 0.1) is 6.20 Å². The first-order chi connectivity index (χ1) is 4.34. The lowest BCUT2D eigenvalue weighted by atomic mass is 10.0. The minimum atomic E-state index is 0.524. The third kappa shape index (κ3) is 1.31. The molecule has 49 valence electrons. The normalized spacial score (nSPS) is 13.6. The van der Waals surface area contributed by atoms with Gasteiger partial charge < -0.3 is 4.52 Å². The predicted molar refractivity (Wildman–Crippen MR) is 34.0 cm³/mol. The minimum Gasteiger partial charge on any atom is -0.353 e. The summed E-state index contributed by atoms with van der Waals surface area (Å²) < 4.78 is 4.56. The van der Waals surface area contributed by atoms with E-state index in [1.807, 2.05) is 0 Å². The maximum absolute atomic E-state index is 4.56. The van der Waals surface area contributed by atoms with Gasteiger partial charge in [-0.05, 0) is 12.3 Å². The molecule has 2 nitrogen and oxygen atoms in total. The van der Waals surface area contributed by atoms with Crippen LogP contribution in [0.5, 0.6) is 0 Å². The summed E-state index contributed by atoms with van der Waals surface area (Å²) in [6.07, 6.45) is 5.53. The molecule has 0 saturated heterocycles. The number of nitrogens with zero attached hydrogens (tertiary/aromatic N) is 1. The number of hydrogen-bond acceptors (Lipinski definition) is 2. The Hall–Kier alpha value is -0.790. The largest absolute Gasteiger partial charge is 0.353 e. The Morgan fingerprint density at radius 1 is 1.89 bits per heavy atom. The molecule has 0 aliphatic rings. The molecule has 0 bridgehead atoms. The summed E-state index contributed by atoms with van der Waals surface area (Å²) in [5.41, 5.74) is 1.07. The lowest BCUT2D eigenvalue weighted by Crippen LogP contribution is -1.86. The fourth-order valence-electron chi connectivity index (χ4n) is 0.636. The summed E-state index contributed by atoms with van der Waals surface area (Å²) in [5.74, 6) is 0.524. The van der Waals surface area contributed by atoms with Gasteiger partial charge in [-0.2, -0.15) is 0 Å². The second kappa shape index (κ2) is 2.67. The molecule has 2 heteroatoms. The van der Waals surface area contributed by atoms with Crippen molar-refractivity contribution in [2.45, 2.75) is 26.2 Å². The molecule has 1 aromatic rings. The summed E-state index contributed by atoms with van der Waals surface area (Å²) in [4.78, 5) is 0. The molecule has 0 amide bonds. The zero-order chi connectivity index (χ0) is 6.69. The Morgan fingerprint density at radius 2 is 2.67 bits per heavy atom. The van der Waals surface area contributed by atoms with Gasteiger partial charge in [-0.1, -0.05) is 19.0 Å². The second-order valence-corrected chi connectivity index (χ2v) is 2.19. The minimum absolute atomic E-state index is 0.524. The summed E-state index contributed by atoms with van der Waals surface area (Å²) in [6, 6.07) is 0. The number of aromatic nitrogens is 1. The average molecular weight is 124 g/mol. The maximum atomic E-state index is 4.56. The van der Waals surface area contributed by atoms with Crippen molar-refractivity contribution in [3.8, 4) is 0 Å². The van der Waals surface area contributed by atoms with E-state index in [4.69, 9.17) is 0 Å². The smallest absolute Gasteiger partial charge is 0.208 e. The molecule has 0 aliphatic heterocycles. The molecule has 0 aromatic carbocycles. The highest BCUT2D eigenvalue weighted by molar-refractivity contribution is 5.04. The molecule has 1 radical (unpaired) electrons. The predicted octanol–water partition coefficient (Wildman–Crippen LogP) is 1.99. The monoisotopic (exact) mass is 124 g/mol. The summed E-state index contributed by atoms with van der Waals surface area (Å²) >= 11 is 0. The summed E-state index contributed by atoms with van der Waals surface area (Å²) in [5, 5.41) is 3.56. The van der Waals surface area contributed by atoms with Crippen molar-refractivity contribution in [3.05, 3.63) is 18.0 Å². The van der Waals surface area contributed by atoms with Crippen LogP contribution in [0, 0.1) is 6.26 Å². The van der Waals surface area contributed by atoms with Crippen LogP contribution in [0.4, 0.5) is 0 Å². The van der Waals surface area contributed by atoms with Gasteiger partial charge in [0, 0.05) is 5.56 Å². The van der Waals surface area contributed by atoms with Crippen LogP contribution in [0.1, 0.15) is 31.7 Å². The summed E-state index contributed by atoms with van der Waals surface area (Å²) in [6.45, 7) is 4.26. The Labute approximate surface area is 54.9 Å². The molecule has 0 aliphatic carbocycles. The Balaban J connectivity index is 2.65. The molecule has 1 unspecified atom stereocenters. The van der Waals surface area contributed by atoms with E-state index in [0.717, 1.165) is 12.0 Å². The molecule has 0 N–H and O–H groups in total. The van der Waals surface area contributed by atoms with E-state index >= 15 is 0 Å². The molecular weight excluding hydrogens is 114 g/mol. The Morgan fingerprint density at radius 3 is 3.11 bits per heavy atom. The van der Waals surface area contributed by atoms with Gasteiger partial charge in [0.15, 0.2) is 0 Å². The molecule has 1 aromatic heterocycles. The Kier molecular flexibility index (Phi) is 1.88. The standard InChI is InChI=1S/C7H10NO/c1-3-6(2)7-4-8-9-5-7/h4,6H,3H2,1-2H3. The van der Waals surface area contributed by atoms with Crippen LogP contribution in [-0.2, 0) is 0 Å². The van der Waals surface area contributed by atoms with Crippen LogP contribution in [0.2, 0.25) is 0 Å². The highest BCUT2D eigenvalue weighted by Gasteiger charge is 2.03. The van der Waals surface area contributed by atoms with Crippen molar-refractivity contribution >= 4 is 0 Å². The van der Waals surface area contributed by atoms with Crippen LogP contribution in [0.15, 0.2) is 10.7 Å². The van der Waals surface area contributed by atoms with Gasteiger partial charge in [-0.15, -0.1) is 0 Å². The molecule has 0 saturated carbocycles. The van der Waals surface area contributed by atoms with E-state index in [1.165, 1.54) is 0 Å². The highest BCUT2D eigenvalue weighted by atomic mass is 16.5. The van der Waals surface area contributed by atoms with Gasteiger partial charge in [-0.25, -0.2) is 0 Å². The third-order valence-corrected chi connectivity index (χ3v) is 1.55. The molecular formula is C7H10NO. The maximum Gasteiger partial charge on any atom is 0.208 e. The first-order valence-corrected chi connectivity index (χ1v) is 3.16. The Bertz CT molecular complexity index is 157. The SMILES string of the molecule is CCC(C)c1[c]onc1. The van der Waals surface area contributed by atoms with Gasteiger partial charge in [0.25, 0.3) is 0 Å². The van der Waals surface area contributed by atoms with Gasteiger partial charge in [0.2, 0.25) is 6.26 Å². The van der Waals surface area contributed by atoms with Crippen molar-refractivity contribution < 1.29 is 4.52 Å². The van der Waals surface area contributed by atoms with Crippen molar-refractivity contribution in [3.63, 3.8) is 0 Å². The van der Waals surface area contributed by atoms with Crippen molar-refractivity contribution in [2.75, 3.05) is 0 Å². The molecule has 1 heterocycles. The van der Waals surface area contributed by atoms with E-state index in [1.54, 1.807) is 6.20 Å². The fraction of sp³-hybridized carbons (Fsp3) is 0.571. The lowest BCUT2D eigenvalue weighted by molar-refractivity contribution is 0.411. The van der Waals surface area contributed by atoms with Gasteiger partial charge >= 0.3 is 0 Å². The number of rotatable bonds is 2. The van der Waals surface area contributed by atoms with Gasteiger partial charge in [0.1, 0.15) is 0 Å². The van der Waals surface area contributed by atoms with Crippen LogP contribution < -0.4 is 0 Å². The molecule has 0 spiro atoms. The summed E-state index contributed by atoms with van der Waals surface area (Å²) in [7, 11) is 0. The quantitative estimate of drug-likeness (QED) is 0.602. The van der Waals surface area contributed by atoms with Crippen molar-refractivity contribution in [1.82, 2.24) is 5.16 Å². The highest BCUT2D eigenvalue weighted by Crippen LogP contribution is 2.15. The van der Waals surface area contributed by atoms with Crippen LogP contribution in [0.25, 0.3) is 0 Å².